The van der Waals surface area contributed by atoms with E-state index in [1.165, 1.54) is 37.7 Å². The second kappa shape index (κ2) is 7.77. The van der Waals surface area contributed by atoms with E-state index in [1.54, 1.807) is 0 Å². The highest BCUT2D eigenvalue weighted by molar-refractivity contribution is 5.78. The Morgan fingerprint density at radius 3 is 2.50 bits per heavy atom. The van der Waals surface area contributed by atoms with Crippen LogP contribution in [0, 0.1) is 0 Å². The lowest BCUT2D eigenvalue weighted by Crippen LogP contribution is -2.42. The summed E-state index contributed by atoms with van der Waals surface area (Å²) in [7, 11) is 0. The van der Waals surface area contributed by atoms with E-state index in [0.29, 0.717) is 11.9 Å². The minimum atomic E-state index is 0.350. The summed E-state index contributed by atoms with van der Waals surface area (Å²) in [4.78, 5) is 16.5. The first-order valence-electron chi connectivity index (χ1n) is 8.89. The molecule has 0 aromatic heterocycles. The smallest absolute Gasteiger partial charge is 0.222 e. The quantitative estimate of drug-likeness (QED) is 0.803. The fraction of sp³-hybridized carbons (Fsp3) is 0.632. The Bertz CT molecular complexity index is 468. The molecule has 0 bridgehead atoms. The monoisotopic (exact) mass is 300 g/mol. The molecule has 3 nitrogen and oxygen atoms in total. The van der Waals surface area contributed by atoms with Crippen LogP contribution in [0.5, 0.6) is 0 Å². The normalized spacial score (nSPS) is 20.0. The van der Waals surface area contributed by atoms with Crippen molar-refractivity contribution in [1.82, 2.24) is 9.80 Å². The average molecular weight is 300 g/mol. The van der Waals surface area contributed by atoms with Crippen molar-refractivity contribution in [2.24, 2.45) is 0 Å². The minimum absolute atomic E-state index is 0.350. The van der Waals surface area contributed by atoms with E-state index in [2.05, 4.69) is 40.1 Å². The molecular formula is C19H28N2O. The summed E-state index contributed by atoms with van der Waals surface area (Å²) in [5.41, 5.74) is 1.39. The highest BCUT2D eigenvalue weighted by Crippen LogP contribution is 2.24. The number of rotatable bonds is 6. The van der Waals surface area contributed by atoms with Gasteiger partial charge in [0.2, 0.25) is 5.91 Å². The fourth-order valence-electron chi connectivity index (χ4n) is 3.84. The molecule has 1 heterocycles. The maximum Gasteiger partial charge on any atom is 0.222 e. The number of amides is 1. The van der Waals surface area contributed by atoms with Gasteiger partial charge in [-0.3, -0.25) is 9.69 Å². The molecule has 0 atom stereocenters. The standard InChI is InChI=1S/C19H28N2O/c22-19-12-7-13-20(19)14-15-21(18-10-5-2-6-11-18)16-17-8-3-1-4-9-17/h1,3-4,8-9,18H,2,5-7,10-16H2. The van der Waals surface area contributed by atoms with Gasteiger partial charge in [-0.2, -0.15) is 0 Å². The third-order valence-electron chi connectivity index (χ3n) is 5.15. The molecule has 1 aliphatic carbocycles. The van der Waals surface area contributed by atoms with Gasteiger partial charge in [0.1, 0.15) is 0 Å². The summed E-state index contributed by atoms with van der Waals surface area (Å²) in [6.07, 6.45) is 8.54. The molecule has 0 spiro atoms. The van der Waals surface area contributed by atoms with Crippen molar-refractivity contribution in [2.75, 3.05) is 19.6 Å². The van der Waals surface area contributed by atoms with Crippen LogP contribution in [0.3, 0.4) is 0 Å². The summed E-state index contributed by atoms with van der Waals surface area (Å²) in [5, 5.41) is 0. The van der Waals surface area contributed by atoms with Gasteiger partial charge in [0.25, 0.3) is 0 Å². The number of hydrogen-bond donors (Lipinski definition) is 0. The van der Waals surface area contributed by atoms with Gasteiger partial charge in [-0.05, 0) is 24.8 Å². The Labute approximate surface area is 134 Å². The summed E-state index contributed by atoms with van der Waals surface area (Å²) < 4.78 is 0. The Hall–Kier alpha value is -1.35. The van der Waals surface area contributed by atoms with Crippen molar-refractivity contribution < 1.29 is 4.79 Å². The van der Waals surface area contributed by atoms with Gasteiger partial charge < -0.3 is 4.90 Å². The molecule has 1 saturated heterocycles. The second-order valence-electron chi connectivity index (χ2n) is 6.73. The molecule has 22 heavy (non-hydrogen) atoms. The van der Waals surface area contributed by atoms with E-state index >= 15 is 0 Å². The van der Waals surface area contributed by atoms with Crippen LogP contribution in [0.25, 0.3) is 0 Å². The highest BCUT2D eigenvalue weighted by atomic mass is 16.2. The molecule has 1 aliphatic heterocycles. The summed E-state index contributed by atoms with van der Waals surface area (Å²) in [6.45, 7) is 3.91. The molecule has 3 heteroatoms. The van der Waals surface area contributed by atoms with Crippen LogP contribution in [0.4, 0.5) is 0 Å². The van der Waals surface area contributed by atoms with E-state index in [4.69, 9.17) is 0 Å². The maximum atomic E-state index is 11.8. The Kier molecular flexibility index (Phi) is 5.49. The molecular weight excluding hydrogens is 272 g/mol. The highest BCUT2D eigenvalue weighted by Gasteiger charge is 2.24. The molecule has 0 unspecified atom stereocenters. The van der Waals surface area contributed by atoms with Crippen molar-refractivity contribution in [3.05, 3.63) is 35.9 Å². The van der Waals surface area contributed by atoms with E-state index in [-0.39, 0.29) is 0 Å². The lowest BCUT2D eigenvalue weighted by atomic mass is 9.94. The van der Waals surface area contributed by atoms with Crippen LogP contribution < -0.4 is 0 Å². The van der Waals surface area contributed by atoms with Crippen molar-refractivity contribution >= 4 is 5.91 Å². The predicted molar refractivity (Wildman–Crippen MR) is 89.5 cm³/mol. The van der Waals surface area contributed by atoms with E-state index < -0.39 is 0 Å². The molecule has 0 N–H and O–H groups in total. The van der Waals surface area contributed by atoms with Crippen molar-refractivity contribution in [3.8, 4) is 0 Å². The van der Waals surface area contributed by atoms with E-state index in [9.17, 15) is 4.79 Å². The first-order chi connectivity index (χ1) is 10.8. The van der Waals surface area contributed by atoms with Crippen LogP contribution in [-0.2, 0) is 11.3 Å². The first-order valence-corrected chi connectivity index (χ1v) is 8.89. The van der Waals surface area contributed by atoms with Crippen LogP contribution in [0.1, 0.15) is 50.5 Å². The zero-order chi connectivity index (χ0) is 15.2. The molecule has 3 rings (SSSR count). The lowest BCUT2D eigenvalue weighted by Gasteiger charge is -2.35. The minimum Gasteiger partial charge on any atom is -0.341 e. The van der Waals surface area contributed by atoms with E-state index in [1.807, 2.05) is 0 Å². The van der Waals surface area contributed by atoms with E-state index in [0.717, 1.165) is 39.0 Å². The number of nitrogens with zero attached hydrogens (tertiary/aromatic N) is 2. The van der Waals surface area contributed by atoms with Crippen LogP contribution in [-0.4, -0.2) is 41.4 Å². The van der Waals surface area contributed by atoms with Crippen molar-refractivity contribution in [3.63, 3.8) is 0 Å². The van der Waals surface area contributed by atoms with Gasteiger partial charge in [0, 0.05) is 38.6 Å². The van der Waals surface area contributed by atoms with Crippen LogP contribution in [0.15, 0.2) is 30.3 Å². The number of carbonyl (C=O) groups excluding carboxylic acids is 1. The van der Waals surface area contributed by atoms with Gasteiger partial charge in [-0.1, -0.05) is 49.6 Å². The number of benzene rings is 1. The zero-order valence-corrected chi connectivity index (χ0v) is 13.5. The van der Waals surface area contributed by atoms with Gasteiger partial charge in [-0.25, -0.2) is 0 Å². The molecule has 2 aliphatic rings. The third kappa shape index (κ3) is 4.10. The Balaban J connectivity index is 1.61. The van der Waals surface area contributed by atoms with Gasteiger partial charge in [0.15, 0.2) is 0 Å². The van der Waals surface area contributed by atoms with Gasteiger partial charge in [-0.15, -0.1) is 0 Å². The van der Waals surface area contributed by atoms with Crippen molar-refractivity contribution in [2.45, 2.75) is 57.5 Å². The van der Waals surface area contributed by atoms with Gasteiger partial charge in [0.05, 0.1) is 0 Å². The lowest BCUT2D eigenvalue weighted by molar-refractivity contribution is -0.128. The first kappa shape index (κ1) is 15.5. The summed E-state index contributed by atoms with van der Waals surface area (Å²) in [5.74, 6) is 0.350. The molecule has 1 aromatic carbocycles. The molecule has 1 amide bonds. The Morgan fingerprint density at radius 1 is 1.05 bits per heavy atom. The zero-order valence-electron chi connectivity index (χ0n) is 13.5. The average Bonchev–Trinajstić information content (AvgIpc) is 2.98. The second-order valence-corrected chi connectivity index (χ2v) is 6.73. The van der Waals surface area contributed by atoms with Crippen LogP contribution in [0.2, 0.25) is 0 Å². The predicted octanol–water partition coefficient (Wildman–Crippen LogP) is 3.44. The van der Waals surface area contributed by atoms with Gasteiger partial charge >= 0.3 is 0 Å². The molecule has 1 aromatic rings. The number of hydrogen-bond acceptors (Lipinski definition) is 2. The molecule has 120 valence electrons. The molecule has 2 fully saturated rings. The summed E-state index contributed by atoms with van der Waals surface area (Å²) in [6, 6.07) is 11.5. The molecule has 1 saturated carbocycles. The van der Waals surface area contributed by atoms with Crippen LogP contribution >= 0.6 is 0 Å². The van der Waals surface area contributed by atoms with Crippen molar-refractivity contribution in [1.29, 1.82) is 0 Å². The SMILES string of the molecule is O=C1CCCN1CCN(Cc1ccccc1)C1CCCCC1. The number of carbonyl (C=O) groups is 1. The third-order valence-corrected chi connectivity index (χ3v) is 5.15. The maximum absolute atomic E-state index is 11.8. The largest absolute Gasteiger partial charge is 0.341 e. The fourth-order valence-corrected chi connectivity index (χ4v) is 3.84. The number of likely N-dealkylation sites (tertiary alicyclic amines) is 1. The summed E-state index contributed by atoms with van der Waals surface area (Å²) >= 11 is 0. The topological polar surface area (TPSA) is 23.6 Å². The molecule has 0 radical (unpaired) electrons. The Morgan fingerprint density at radius 2 is 1.82 bits per heavy atom.